The summed E-state index contributed by atoms with van der Waals surface area (Å²) in [6.07, 6.45) is -0.416. The standard InChI is InChI=1S/C40H33FN6O12S/c1-58-34-29(17-15-27(32(34)48)38(52)45-30-18-16-28(40(54)55)33(49)35(30)59-2)44-36(50)21-3-9-24(10-4-21)43-39(53)31(19-20-42)46-37(51)22-5-11-25(12-6-22)47-60(56,57)26-13-7-23(41)8-14-26/h3-18,31,47-49H,19H2,1-2H3,(H,43,53)(H,44,50)(H,45,52)(H,46,51)(H,54,55). The Kier molecular flexibility index (Phi) is 13.2. The van der Waals surface area contributed by atoms with Crippen LogP contribution in [0.5, 0.6) is 23.0 Å². The van der Waals surface area contributed by atoms with Crippen LogP contribution in [-0.2, 0) is 14.8 Å². The first kappa shape index (κ1) is 43.0. The van der Waals surface area contributed by atoms with Crippen LogP contribution < -0.4 is 35.5 Å². The topological polar surface area (TPSA) is 283 Å². The average molecular weight is 841 g/mol. The number of methoxy groups -OCH3 is 2. The molecule has 1 atom stereocenters. The Bertz CT molecular complexity index is 2630. The van der Waals surface area contributed by atoms with E-state index in [0.717, 1.165) is 37.4 Å². The van der Waals surface area contributed by atoms with Crippen LogP contribution >= 0.6 is 0 Å². The number of carboxylic acids is 1. The maximum absolute atomic E-state index is 13.2. The molecule has 0 aliphatic heterocycles. The Balaban J connectivity index is 1.20. The number of carbonyl (C=O) groups is 5. The van der Waals surface area contributed by atoms with E-state index in [2.05, 4.69) is 26.0 Å². The van der Waals surface area contributed by atoms with Gasteiger partial charge in [-0.3, -0.25) is 23.9 Å². The second-order valence-electron chi connectivity index (χ2n) is 12.4. The van der Waals surface area contributed by atoms with Gasteiger partial charge >= 0.3 is 5.97 Å². The maximum Gasteiger partial charge on any atom is 0.339 e. The van der Waals surface area contributed by atoms with Gasteiger partial charge in [0.2, 0.25) is 5.91 Å². The van der Waals surface area contributed by atoms with Crippen LogP contribution in [0.15, 0.2) is 102 Å². The van der Waals surface area contributed by atoms with Crippen molar-refractivity contribution in [3.05, 3.63) is 125 Å². The third-order valence-electron chi connectivity index (χ3n) is 8.50. The lowest BCUT2D eigenvalue weighted by Gasteiger charge is -2.17. The van der Waals surface area contributed by atoms with E-state index in [9.17, 15) is 57.4 Å². The number of carbonyl (C=O) groups excluding carboxylic acids is 4. The molecule has 0 aliphatic rings. The Hall–Kier alpha value is -8.18. The van der Waals surface area contributed by atoms with Crippen molar-refractivity contribution in [1.82, 2.24) is 5.32 Å². The van der Waals surface area contributed by atoms with Gasteiger partial charge in [-0.25, -0.2) is 17.6 Å². The predicted molar refractivity (Wildman–Crippen MR) is 212 cm³/mol. The number of ether oxygens (including phenoxy) is 2. The summed E-state index contributed by atoms with van der Waals surface area (Å²) < 4.78 is 51.0. The highest BCUT2D eigenvalue weighted by molar-refractivity contribution is 7.92. The zero-order chi connectivity index (χ0) is 43.7. The smallest absolute Gasteiger partial charge is 0.339 e. The number of phenols is 2. The highest BCUT2D eigenvalue weighted by atomic mass is 32.2. The number of benzene rings is 5. The van der Waals surface area contributed by atoms with Gasteiger partial charge in [0.1, 0.15) is 17.4 Å². The molecule has 0 spiro atoms. The fourth-order valence-corrected chi connectivity index (χ4v) is 6.54. The van der Waals surface area contributed by atoms with Crippen LogP contribution in [-0.4, -0.2) is 73.6 Å². The molecule has 0 saturated carbocycles. The van der Waals surface area contributed by atoms with Gasteiger partial charge in [0, 0.05) is 22.5 Å². The van der Waals surface area contributed by atoms with Gasteiger partial charge in [0.15, 0.2) is 23.0 Å². The van der Waals surface area contributed by atoms with Gasteiger partial charge in [-0.2, -0.15) is 5.26 Å². The first-order chi connectivity index (χ1) is 28.6. The minimum atomic E-state index is -4.05. The Labute approximate surface area is 340 Å². The highest BCUT2D eigenvalue weighted by Crippen LogP contribution is 2.40. The van der Waals surface area contributed by atoms with E-state index in [4.69, 9.17) is 9.47 Å². The molecule has 5 rings (SSSR count). The SMILES string of the molecule is COc1c(NC(=O)c2ccc(NC(=O)c3ccc(NC(=O)C(CC#N)NC(=O)c4ccc(NS(=O)(=O)c5ccc(F)cc5)cc4)cc3)c(OC)c2O)ccc(C(=O)O)c1O. The van der Waals surface area contributed by atoms with E-state index < -0.39 is 75.0 Å². The molecule has 20 heteroatoms. The molecule has 0 saturated heterocycles. The van der Waals surface area contributed by atoms with Crippen molar-refractivity contribution in [3.8, 4) is 29.1 Å². The van der Waals surface area contributed by atoms with Gasteiger partial charge in [0.05, 0.1) is 48.5 Å². The van der Waals surface area contributed by atoms with E-state index in [1.165, 1.54) is 73.8 Å². The van der Waals surface area contributed by atoms with Crippen LogP contribution in [0.3, 0.4) is 0 Å². The number of aromatic hydroxyl groups is 2. The average Bonchev–Trinajstić information content (AvgIpc) is 3.21. The summed E-state index contributed by atoms with van der Waals surface area (Å²) >= 11 is 0. The molecule has 0 fully saturated rings. The first-order valence-electron chi connectivity index (χ1n) is 17.2. The molecule has 308 valence electrons. The van der Waals surface area contributed by atoms with Crippen LogP contribution in [0.25, 0.3) is 0 Å². The number of hydrogen-bond acceptors (Lipinski definition) is 12. The van der Waals surface area contributed by atoms with Crippen LogP contribution in [0.1, 0.15) is 47.9 Å². The number of halogens is 1. The summed E-state index contributed by atoms with van der Waals surface area (Å²) in [6, 6.07) is 20.0. The molecular formula is C40H33FN6O12S. The summed E-state index contributed by atoms with van der Waals surface area (Å²) in [5, 5.41) is 49.7. The van der Waals surface area contributed by atoms with Crippen LogP contribution in [0.4, 0.5) is 27.1 Å². The number of phenolic OH excluding ortho intramolecular Hbond substituents is 1. The van der Waals surface area contributed by atoms with Crippen molar-refractivity contribution in [1.29, 1.82) is 5.26 Å². The van der Waals surface area contributed by atoms with Gasteiger partial charge in [-0.1, -0.05) is 0 Å². The maximum atomic E-state index is 13.2. The van der Waals surface area contributed by atoms with Gasteiger partial charge in [0.25, 0.3) is 27.7 Å². The molecule has 60 heavy (non-hydrogen) atoms. The van der Waals surface area contributed by atoms with Crippen molar-refractivity contribution >= 4 is 62.4 Å². The largest absolute Gasteiger partial charge is 0.504 e. The minimum Gasteiger partial charge on any atom is -0.504 e. The van der Waals surface area contributed by atoms with Gasteiger partial charge in [-0.15, -0.1) is 0 Å². The van der Waals surface area contributed by atoms with E-state index in [0.29, 0.717) is 0 Å². The van der Waals surface area contributed by atoms with Crippen LogP contribution in [0.2, 0.25) is 0 Å². The number of hydrogen-bond donors (Lipinski definition) is 8. The molecule has 0 radical (unpaired) electrons. The summed E-state index contributed by atoms with van der Waals surface area (Å²) in [5.41, 5.74) is -0.513. The minimum absolute atomic E-state index is 0.0361. The Morgan fingerprint density at radius 3 is 1.72 bits per heavy atom. The Morgan fingerprint density at radius 2 is 1.18 bits per heavy atom. The molecule has 0 bridgehead atoms. The number of sulfonamides is 1. The van der Waals surface area contributed by atoms with Crippen molar-refractivity contribution in [2.24, 2.45) is 0 Å². The van der Waals surface area contributed by atoms with Gasteiger partial charge in [-0.05, 0) is 97.1 Å². The fourth-order valence-electron chi connectivity index (χ4n) is 5.49. The van der Waals surface area contributed by atoms with Gasteiger partial charge < -0.3 is 46.1 Å². The van der Waals surface area contributed by atoms with E-state index in [1.807, 2.05) is 6.07 Å². The molecule has 0 heterocycles. The summed E-state index contributed by atoms with van der Waals surface area (Å²) in [6.45, 7) is 0. The molecule has 5 aromatic rings. The monoisotopic (exact) mass is 840 g/mol. The second kappa shape index (κ2) is 18.4. The summed E-state index contributed by atoms with van der Waals surface area (Å²) in [7, 11) is -1.72. The molecular weight excluding hydrogens is 808 g/mol. The molecule has 1 unspecified atom stereocenters. The lowest BCUT2D eigenvalue weighted by atomic mass is 10.1. The van der Waals surface area contributed by atoms with Crippen molar-refractivity contribution < 1.29 is 61.6 Å². The fraction of sp³-hybridized carbons (Fsp3) is 0.100. The Morgan fingerprint density at radius 1 is 0.683 bits per heavy atom. The lowest BCUT2D eigenvalue weighted by molar-refractivity contribution is -0.117. The van der Waals surface area contributed by atoms with E-state index in [1.54, 1.807) is 0 Å². The molecule has 0 aromatic heterocycles. The zero-order valence-corrected chi connectivity index (χ0v) is 32.1. The number of anilines is 4. The molecule has 5 aromatic carbocycles. The third-order valence-corrected chi connectivity index (χ3v) is 9.89. The normalized spacial score (nSPS) is 11.2. The third kappa shape index (κ3) is 9.85. The number of nitrogens with one attached hydrogen (secondary N) is 5. The molecule has 8 N–H and O–H groups in total. The first-order valence-corrected chi connectivity index (χ1v) is 18.7. The second-order valence-corrected chi connectivity index (χ2v) is 14.1. The number of amides is 4. The number of aromatic carboxylic acids is 1. The number of carboxylic acid groups (broad SMARTS) is 1. The number of nitrogens with zero attached hydrogens (tertiary/aromatic N) is 1. The summed E-state index contributed by atoms with van der Waals surface area (Å²) in [5.74, 6) is -7.16. The lowest BCUT2D eigenvalue weighted by Crippen LogP contribution is -2.43. The molecule has 4 amide bonds. The molecule has 18 nitrogen and oxygen atoms in total. The zero-order valence-electron chi connectivity index (χ0n) is 31.3. The molecule has 0 aliphatic carbocycles. The predicted octanol–water partition coefficient (Wildman–Crippen LogP) is 4.91. The van der Waals surface area contributed by atoms with E-state index >= 15 is 0 Å². The van der Waals surface area contributed by atoms with Crippen molar-refractivity contribution in [2.45, 2.75) is 17.4 Å². The highest BCUT2D eigenvalue weighted by Gasteiger charge is 2.25. The number of nitriles is 1. The van der Waals surface area contributed by atoms with Crippen molar-refractivity contribution in [2.75, 3.05) is 34.9 Å². The quantitative estimate of drug-likeness (QED) is 0.0697. The van der Waals surface area contributed by atoms with Crippen LogP contribution in [0, 0.1) is 17.1 Å². The summed E-state index contributed by atoms with van der Waals surface area (Å²) in [4.78, 5) is 63.5. The number of rotatable bonds is 15. The van der Waals surface area contributed by atoms with Crippen molar-refractivity contribution in [3.63, 3.8) is 0 Å². The van der Waals surface area contributed by atoms with E-state index in [-0.39, 0.29) is 55.8 Å².